The van der Waals surface area contributed by atoms with Crippen LogP contribution in [-0.2, 0) is 5.54 Å². The van der Waals surface area contributed by atoms with E-state index in [0.29, 0.717) is 46.3 Å². The first-order valence-electron chi connectivity index (χ1n) is 13.6. The summed E-state index contributed by atoms with van der Waals surface area (Å²) >= 11 is 0. The van der Waals surface area contributed by atoms with E-state index in [4.69, 9.17) is 4.52 Å². The maximum Gasteiger partial charge on any atom is 0.261 e. The third-order valence-corrected chi connectivity index (χ3v) is 7.26. The van der Waals surface area contributed by atoms with Gasteiger partial charge < -0.3 is 25.2 Å². The Kier molecular flexibility index (Phi) is 7.34. The molecule has 216 valence electrons. The fourth-order valence-corrected chi connectivity index (χ4v) is 5.01. The summed E-state index contributed by atoms with van der Waals surface area (Å²) in [6, 6.07) is 14.5. The van der Waals surface area contributed by atoms with Crippen molar-refractivity contribution in [3.63, 3.8) is 0 Å². The molecule has 0 saturated heterocycles. The predicted octanol–water partition coefficient (Wildman–Crippen LogP) is 4.75. The van der Waals surface area contributed by atoms with E-state index in [0.717, 1.165) is 5.56 Å². The largest absolute Gasteiger partial charge is 0.394 e. The Balaban J connectivity index is 1.35. The first-order chi connectivity index (χ1) is 20.9. The van der Waals surface area contributed by atoms with E-state index in [-0.39, 0.29) is 24.4 Å². The molecule has 5 heterocycles. The van der Waals surface area contributed by atoms with Gasteiger partial charge in [-0.25, -0.2) is 15.0 Å². The third-order valence-electron chi connectivity index (χ3n) is 7.26. The van der Waals surface area contributed by atoms with Crippen LogP contribution >= 0.6 is 0 Å². The Morgan fingerprint density at radius 2 is 1.88 bits per heavy atom. The number of aliphatic hydroxyl groups excluding tert-OH is 1. The van der Waals surface area contributed by atoms with Crippen molar-refractivity contribution in [2.45, 2.75) is 25.4 Å². The van der Waals surface area contributed by atoms with Crippen LogP contribution in [0.5, 0.6) is 0 Å². The number of fused-ring (bicyclic) bond motifs is 1. The number of nitrogens with one attached hydrogen (secondary N) is 2. The van der Waals surface area contributed by atoms with Gasteiger partial charge in [-0.05, 0) is 31.5 Å². The lowest BCUT2D eigenvalue weighted by molar-refractivity contribution is 0.0649. The molecule has 0 unspecified atom stereocenters. The zero-order valence-corrected chi connectivity index (χ0v) is 23.6. The fourth-order valence-electron chi connectivity index (χ4n) is 5.01. The van der Waals surface area contributed by atoms with Gasteiger partial charge in [-0.3, -0.25) is 9.78 Å². The van der Waals surface area contributed by atoms with Crippen LogP contribution in [0, 0.1) is 0 Å². The second-order valence-corrected chi connectivity index (χ2v) is 10.4. The highest BCUT2D eigenvalue weighted by molar-refractivity contribution is 5.99. The Hall–Kier alpha value is -5.49. The summed E-state index contributed by atoms with van der Waals surface area (Å²) in [5, 5.41) is 20.9. The van der Waals surface area contributed by atoms with E-state index in [1.165, 1.54) is 6.20 Å². The molecule has 1 amide bonds. The molecule has 0 bridgehead atoms. The van der Waals surface area contributed by atoms with Gasteiger partial charge in [-0.1, -0.05) is 41.6 Å². The molecule has 1 aromatic carbocycles. The number of hydrogen-bond acceptors (Lipinski definition) is 11. The standard InChI is InChI=1S/C31H29N9O3/c1-4-13-40-29(42)22-17-34-30(37-26(22)31(40,2)3)36-25-14-23(35-24(18-41)19-9-6-5-7-10-19)21(16-33-25)28-38-27(39-43-28)20-11-8-12-32-15-20/h4-12,14-17,24,41H,1,13,18H2,2-3H3,(H2,33,34,35,36,37)/t24-/m1/s1. The summed E-state index contributed by atoms with van der Waals surface area (Å²) in [6.45, 7) is 7.88. The molecule has 12 nitrogen and oxygen atoms in total. The maximum absolute atomic E-state index is 12.9. The molecule has 3 N–H and O–H groups in total. The van der Waals surface area contributed by atoms with Crippen molar-refractivity contribution in [2.75, 3.05) is 23.8 Å². The van der Waals surface area contributed by atoms with E-state index < -0.39 is 11.6 Å². The number of aliphatic hydroxyl groups is 1. The Morgan fingerprint density at radius 1 is 1.07 bits per heavy atom. The predicted molar refractivity (Wildman–Crippen MR) is 160 cm³/mol. The number of nitrogens with zero attached hydrogens (tertiary/aromatic N) is 7. The van der Waals surface area contributed by atoms with E-state index >= 15 is 0 Å². The smallest absolute Gasteiger partial charge is 0.261 e. The molecule has 1 aliphatic heterocycles. The van der Waals surface area contributed by atoms with Gasteiger partial charge in [0.05, 0.1) is 40.7 Å². The lowest BCUT2D eigenvalue weighted by Crippen LogP contribution is -2.39. The van der Waals surface area contributed by atoms with Gasteiger partial charge in [0, 0.05) is 43.0 Å². The van der Waals surface area contributed by atoms with Gasteiger partial charge >= 0.3 is 0 Å². The summed E-state index contributed by atoms with van der Waals surface area (Å²) < 4.78 is 5.62. The molecule has 5 aromatic rings. The van der Waals surface area contributed by atoms with Gasteiger partial charge in [0.1, 0.15) is 5.82 Å². The van der Waals surface area contributed by atoms with Gasteiger partial charge in [-0.2, -0.15) is 4.98 Å². The van der Waals surface area contributed by atoms with E-state index in [9.17, 15) is 9.90 Å². The monoisotopic (exact) mass is 575 g/mol. The molecule has 1 atom stereocenters. The Bertz CT molecular complexity index is 1770. The van der Waals surface area contributed by atoms with E-state index in [1.807, 2.05) is 50.2 Å². The minimum atomic E-state index is -0.641. The molecular weight excluding hydrogens is 546 g/mol. The molecule has 43 heavy (non-hydrogen) atoms. The van der Waals surface area contributed by atoms with Crippen LogP contribution in [0.3, 0.4) is 0 Å². The van der Waals surface area contributed by atoms with Gasteiger partial charge in [0.25, 0.3) is 11.8 Å². The van der Waals surface area contributed by atoms with Crippen molar-refractivity contribution in [1.82, 2.24) is 35.0 Å². The number of rotatable bonds is 10. The number of pyridine rings is 2. The lowest BCUT2D eigenvalue weighted by atomic mass is 10.0. The molecule has 12 heteroatoms. The SMILES string of the molecule is C=CCN1C(=O)c2cnc(Nc3cc(N[C@H](CO)c4ccccc4)c(-c4nc(-c5cccnc5)no4)cn3)nc2C1(C)C. The molecule has 0 aliphatic carbocycles. The van der Waals surface area contributed by atoms with Crippen molar-refractivity contribution in [1.29, 1.82) is 0 Å². The van der Waals surface area contributed by atoms with Gasteiger partial charge in [-0.15, -0.1) is 6.58 Å². The third kappa shape index (κ3) is 5.31. The van der Waals surface area contributed by atoms with Crippen LogP contribution in [-0.4, -0.2) is 59.1 Å². The van der Waals surface area contributed by atoms with Crippen LogP contribution in [0.4, 0.5) is 17.5 Å². The Labute approximate surface area is 247 Å². The number of hydrogen-bond donors (Lipinski definition) is 3. The summed E-state index contributed by atoms with van der Waals surface area (Å²) in [4.78, 5) is 37.0. The highest BCUT2D eigenvalue weighted by atomic mass is 16.5. The number of benzene rings is 1. The van der Waals surface area contributed by atoms with Crippen molar-refractivity contribution in [2.24, 2.45) is 0 Å². The van der Waals surface area contributed by atoms with Crippen LogP contribution < -0.4 is 10.6 Å². The molecular formula is C31H29N9O3. The summed E-state index contributed by atoms with van der Waals surface area (Å²) in [6.07, 6.45) is 8.13. The average Bonchev–Trinajstić information content (AvgIpc) is 3.59. The van der Waals surface area contributed by atoms with Crippen molar-refractivity contribution in [3.8, 4) is 22.8 Å². The first-order valence-corrected chi connectivity index (χ1v) is 13.6. The molecule has 0 saturated carbocycles. The molecule has 4 aromatic heterocycles. The van der Waals surface area contributed by atoms with Gasteiger partial charge in [0.15, 0.2) is 0 Å². The summed E-state index contributed by atoms with van der Waals surface area (Å²) in [7, 11) is 0. The highest BCUT2D eigenvalue weighted by Gasteiger charge is 2.44. The first kappa shape index (κ1) is 27.7. The van der Waals surface area contributed by atoms with Crippen LogP contribution in [0.15, 0.2) is 90.5 Å². The molecule has 1 aliphatic rings. The van der Waals surface area contributed by atoms with Crippen molar-refractivity contribution >= 4 is 23.4 Å². The number of amides is 1. The van der Waals surface area contributed by atoms with E-state index in [1.54, 1.807) is 41.7 Å². The fraction of sp³-hybridized carbons (Fsp3) is 0.194. The Morgan fingerprint density at radius 3 is 2.63 bits per heavy atom. The summed E-state index contributed by atoms with van der Waals surface area (Å²) in [5.74, 6) is 1.19. The second kappa shape index (κ2) is 11.4. The van der Waals surface area contributed by atoms with Crippen LogP contribution in [0.25, 0.3) is 22.8 Å². The van der Waals surface area contributed by atoms with E-state index in [2.05, 4.69) is 47.3 Å². The minimum absolute atomic E-state index is 0.137. The highest BCUT2D eigenvalue weighted by Crippen LogP contribution is 2.38. The summed E-state index contributed by atoms with van der Waals surface area (Å²) in [5.41, 5.74) is 3.14. The number of carbonyl (C=O) groups excluding carboxylic acids is 1. The second-order valence-electron chi connectivity index (χ2n) is 10.4. The quantitative estimate of drug-likeness (QED) is 0.198. The molecule has 0 spiro atoms. The molecule has 0 fully saturated rings. The van der Waals surface area contributed by atoms with Crippen LogP contribution in [0.2, 0.25) is 0 Å². The van der Waals surface area contributed by atoms with Gasteiger partial charge in [0.2, 0.25) is 11.8 Å². The molecule has 6 rings (SSSR count). The zero-order valence-electron chi connectivity index (χ0n) is 23.6. The lowest BCUT2D eigenvalue weighted by Gasteiger charge is -2.30. The van der Waals surface area contributed by atoms with Crippen LogP contribution in [0.1, 0.15) is 41.5 Å². The normalized spacial score (nSPS) is 14.3. The maximum atomic E-state index is 12.9. The average molecular weight is 576 g/mol. The molecule has 0 radical (unpaired) electrons. The zero-order chi connectivity index (χ0) is 30.0. The van der Waals surface area contributed by atoms with Crippen molar-refractivity contribution in [3.05, 3.63) is 103 Å². The minimum Gasteiger partial charge on any atom is -0.394 e. The number of aromatic nitrogens is 6. The van der Waals surface area contributed by atoms with Crippen molar-refractivity contribution < 1.29 is 14.4 Å². The number of anilines is 3. The number of carbonyl (C=O) groups is 1. The topological polar surface area (TPSA) is 155 Å².